The zero-order valence-electron chi connectivity index (χ0n) is 24.9. The number of β-amino-alcohol motifs (C(OH)–C–C–N with tert-alkyl or cyclic N) is 1. The van der Waals surface area contributed by atoms with Gasteiger partial charge in [0.25, 0.3) is 0 Å². The molecule has 1 saturated heterocycles. The lowest BCUT2D eigenvalue weighted by Crippen LogP contribution is -2.50. The first kappa shape index (κ1) is 30.5. The number of likely N-dealkylation sites (tertiary alicyclic amines) is 1. The number of hydrogen-bond acceptors (Lipinski definition) is 8. The first-order valence-corrected chi connectivity index (χ1v) is 15.3. The van der Waals surface area contributed by atoms with Crippen LogP contribution in [0.4, 0.5) is 0 Å². The SMILES string of the molecule is COc1cc(-c2cccc(-c3cccc(-c4cnc(CN5CC(O)C5)c(OC)n4)c3Cl)c2Cl)cc2c1C(NCC(C)=O)CC2. The van der Waals surface area contributed by atoms with Crippen molar-refractivity contribution in [3.8, 4) is 45.1 Å². The highest BCUT2D eigenvalue weighted by Crippen LogP contribution is 2.45. The second-order valence-corrected chi connectivity index (χ2v) is 12.1. The Hall–Kier alpha value is -3.53. The molecule has 44 heavy (non-hydrogen) atoms. The lowest BCUT2D eigenvalue weighted by molar-refractivity contribution is -0.116. The maximum absolute atomic E-state index is 11.6. The van der Waals surface area contributed by atoms with Crippen LogP contribution in [0.25, 0.3) is 33.5 Å². The molecule has 0 amide bonds. The topological polar surface area (TPSA) is 96.8 Å². The van der Waals surface area contributed by atoms with E-state index in [0.29, 0.717) is 59.1 Å². The van der Waals surface area contributed by atoms with Gasteiger partial charge in [-0.2, -0.15) is 0 Å². The number of nitrogens with zero attached hydrogens (tertiary/aromatic N) is 3. The summed E-state index contributed by atoms with van der Waals surface area (Å²) in [7, 11) is 3.24. The Kier molecular flexibility index (Phi) is 8.89. The number of aliphatic hydroxyl groups is 1. The van der Waals surface area contributed by atoms with E-state index in [1.165, 1.54) is 5.56 Å². The van der Waals surface area contributed by atoms with Crippen LogP contribution in [0, 0.1) is 0 Å². The Morgan fingerprint density at radius 1 is 1.02 bits per heavy atom. The van der Waals surface area contributed by atoms with Crippen LogP contribution in [0.1, 0.15) is 36.2 Å². The van der Waals surface area contributed by atoms with E-state index < -0.39 is 0 Å². The molecule has 1 aliphatic carbocycles. The zero-order valence-corrected chi connectivity index (χ0v) is 26.4. The van der Waals surface area contributed by atoms with Crippen LogP contribution < -0.4 is 14.8 Å². The van der Waals surface area contributed by atoms with Crippen molar-refractivity contribution in [2.75, 3.05) is 33.9 Å². The number of carbonyl (C=O) groups excluding carboxylic acids is 1. The predicted octanol–water partition coefficient (Wildman–Crippen LogP) is 6.14. The van der Waals surface area contributed by atoms with Crippen molar-refractivity contribution in [1.29, 1.82) is 0 Å². The van der Waals surface area contributed by atoms with E-state index >= 15 is 0 Å². The summed E-state index contributed by atoms with van der Waals surface area (Å²) < 4.78 is 11.4. The van der Waals surface area contributed by atoms with E-state index in [1.807, 2.05) is 42.5 Å². The number of ether oxygens (including phenoxy) is 2. The summed E-state index contributed by atoms with van der Waals surface area (Å²) in [5.74, 6) is 1.31. The van der Waals surface area contributed by atoms with Crippen LogP contribution in [0.15, 0.2) is 54.7 Å². The number of halogens is 2. The summed E-state index contributed by atoms with van der Waals surface area (Å²) >= 11 is 14.2. The molecule has 1 unspecified atom stereocenters. The van der Waals surface area contributed by atoms with Crippen LogP contribution in [0.2, 0.25) is 10.0 Å². The van der Waals surface area contributed by atoms with E-state index in [0.717, 1.165) is 46.4 Å². The van der Waals surface area contributed by atoms with Crippen molar-refractivity contribution in [2.24, 2.45) is 0 Å². The smallest absolute Gasteiger partial charge is 0.237 e. The van der Waals surface area contributed by atoms with Crippen LogP contribution in [0.5, 0.6) is 11.6 Å². The lowest BCUT2D eigenvalue weighted by atomic mass is 9.94. The van der Waals surface area contributed by atoms with Gasteiger partial charge in [0.15, 0.2) is 0 Å². The van der Waals surface area contributed by atoms with Gasteiger partial charge in [0.05, 0.1) is 48.8 Å². The van der Waals surface area contributed by atoms with E-state index in [-0.39, 0.29) is 17.9 Å². The molecule has 8 nitrogen and oxygen atoms in total. The van der Waals surface area contributed by atoms with E-state index in [4.69, 9.17) is 37.7 Å². The monoisotopic (exact) mass is 632 g/mol. The zero-order chi connectivity index (χ0) is 31.0. The Morgan fingerprint density at radius 3 is 2.36 bits per heavy atom. The van der Waals surface area contributed by atoms with Gasteiger partial charge in [-0.05, 0) is 37.0 Å². The number of aliphatic hydroxyl groups excluding tert-OH is 1. The number of rotatable bonds is 10. The number of methoxy groups -OCH3 is 2. The maximum Gasteiger partial charge on any atom is 0.237 e. The Bertz CT molecular complexity index is 1720. The molecule has 4 aromatic rings. The average Bonchev–Trinajstić information content (AvgIpc) is 3.42. The minimum Gasteiger partial charge on any atom is -0.496 e. The molecular formula is C34H34Cl2N4O4. The van der Waals surface area contributed by atoms with Gasteiger partial charge in [-0.1, -0.05) is 65.7 Å². The molecule has 2 heterocycles. The number of aromatic nitrogens is 2. The Morgan fingerprint density at radius 2 is 1.70 bits per heavy atom. The van der Waals surface area contributed by atoms with E-state index in [2.05, 4.69) is 21.3 Å². The highest BCUT2D eigenvalue weighted by atomic mass is 35.5. The molecular weight excluding hydrogens is 599 g/mol. The van der Waals surface area contributed by atoms with Crippen LogP contribution in [-0.2, 0) is 17.8 Å². The number of carbonyl (C=O) groups is 1. The molecule has 3 aromatic carbocycles. The number of hydrogen-bond donors (Lipinski definition) is 2. The summed E-state index contributed by atoms with van der Waals surface area (Å²) in [5, 5.41) is 14.1. The molecule has 0 radical (unpaired) electrons. The molecule has 0 bridgehead atoms. The lowest BCUT2D eigenvalue weighted by Gasteiger charge is -2.35. The minimum atomic E-state index is -0.293. The van der Waals surface area contributed by atoms with Crippen molar-refractivity contribution in [1.82, 2.24) is 20.2 Å². The van der Waals surface area contributed by atoms with Crippen molar-refractivity contribution < 1.29 is 19.4 Å². The normalized spacial score (nSPS) is 16.5. The van der Waals surface area contributed by atoms with Crippen molar-refractivity contribution in [3.05, 3.63) is 81.6 Å². The van der Waals surface area contributed by atoms with Crippen molar-refractivity contribution >= 4 is 29.0 Å². The van der Waals surface area contributed by atoms with Gasteiger partial charge in [-0.25, -0.2) is 4.98 Å². The molecule has 6 rings (SSSR count). The first-order chi connectivity index (χ1) is 21.3. The maximum atomic E-state index is 11.6. The number of aryl methyl sites for hydroxylation is 1. The highest BCUT2D eigenvalue weighted by molar-refractivity contribution is 6.39. The summed E-state index contributed by atoms with van der Waals surface area (Å²) in [6.45, 7) is 3.68. The quantitative estimate of drug-likeness (QED) is 0.215. The molecule has 1 atom stereocenters. The molecule has 228 valence electrons. The first-order valence-electron chi connectivity index (χ1n) is 14.6. The molecule has 1 aromatic heterocycles. The van der Waals surface area contributed by atoms with Crippen LogP contribution in [-0.4, -0.2) is 65.7 Å². The summed E-state index contributed by atoms with van der Waals surface area (Å²) in [5.41, 5.74) is 7.68. The third kappa shape index (κ3) is 5.93. The van der Waals surface area contributed by atoms with Gasteiger partial charge in [-0.3, -0.25) is 14.7 Å². The van der Waals surface area contributed by atoms with Gasteiger partial charge in [-0.15, -0.1) is 0 Å². The summed E-state index contributed by atoms with van der Waals surface area (Å²) in [6, 6.07) is 16.0. The molecule has 1 fully saturated rings. The largest absolute Gasteiger partial charge is 0.496 e. The molecule has 2 N–H and O–H groups in total. The van der Waals surface area contributed by atoms with Crippen molar-refractivity contribution in [2.45, 2.75) is 38.5 Å². The van der Waals surface area contributed by atoms with Crippen LogP contribution in [0.3, 0.4) is 0 Å². The van der Waals surface area contributed by atoms with Gasteiger partial charge in [0.2, 0.25) is 5.88 Å². The molecule has 0 spiro atoms. The Balaban J connectivity index is 1.33. The summed E-state index contributed by atoms with van der Waals surface area (Å²) in [6.07, 6.45) is 3.18. The average molecular weight is 634 g/mol. The standard InChI is InChI=1S/C34H34Cl2N4O4/c1-19(41)14-37-27-11-10-20-12-21(13-30(43-2)31(20)27)23-6-4-7-24(32(23)35)25-8-5-9-26(33(25)36)28-15-38-29(34(39-28)44-3)18-40-16-22(42)17-40/h4-9,12-13,15,22,27,37,42H,10-11,14,16-18H2,1-3H3. The summed E-state index contributed by atoms with van der Waals surface area (Å²) in [4.78, 5) is 23.0. The number of nitrogens with one attached hydrogen (secondary N) is 1. The number of ketones is 1. The third-order valence-electron chi connectivity index (χ3n) is 8.29. The fourth-order valence-electron chi connectivity index (χ4n) is 6.11. The fourth-order valence-corrected chi connectivity index (χ4v) is 6.77. The predicted molar refractivity (Wildman–Crippen MR) is 172 cm³/mol. The molecule has 2 aliphatic rings. The van der Waals surface area contributed by atoms with Crippen molar-refractivity contribution in [3.63, 3.8) is 0 Å². The molecule has 10 heteroatoms. The minimum absolute atomic E-state index is 0.0701. The highest BCUT2D eigenvalue weighted by Gasteiger charge is 2.28. The molecule has 1 aliphatic heterocycles. The van der Waals surface area contributed by atoms with Crippen LogP contribution >= 0.6 is 23.2 Å². The van der Waals surface area contributed by atoms with Gasteiger partial charge < -0.3 is 19.9 Å². The van der Waals surface area contributed by atoms with Gasteiger partial charge >= 0.3 is 0 Å². The van der Waals surface area contributed by atoms with Gasteiger partial charge in [0.1, 0.15) is 17.2 Å². The fraction of sp³-hybridized carbons (Fsp3) is 0.324. The van der Waals surface area contributed by atoms with Gasteiger partial charge in [0, 0.05) is 53.5 Å². The Labute approximate surface area is 267 Å². The second-order valence-electron chi connectivity index (χ2n) is 11.3. The number of fused-ring (bicyclic) bond motifs is 1. The second kappa shape index (κ2) is 12.8. The third-order valence-corrected chi connectivity index (χ3v) is 9.10. The molecule has 0 saturated carbocycles. The van der Waals surface area contributed by atoms with E-state index in [9.17, 15) is 9.90 Å². The van der Waals surface area contributed by atoms with E-state index in [1.54, 1.807) is 27.3 Å². The number of benzene rings is 3. The number of Topliss-reactive ketones (excluding diaryl/α,β-unsaturated/α-hetero) is 1.